The van der Waals surface area contributed by atoms with Crippen LogP contribution in [0.15, 0.2) is 96.8 Å². The monoisotopic (exact) mass is 584 g/mol. The third kappa shape index (κ3) is 5.61. The highest BCUT2D eigenvalue weighted by Crippen LogP contribution is 2.22. The quantitative estimate of drug-likeness (QED) is 0.139. The van der Waals surface area contributed by atoms with Gasteiger partial charge in [-0.25, -0.2) is 10.4 Å². The molecule has 1 aromatic heterocycles. The molecule has 0 unspecified atom stereocenters. The zero-order chi connectivity index (χ0) is 23.4. The molecule has 3 aromatic carbocycles. The molecule has 0 radical (unpaired) electrons. The van der Waals surface area contributed by atoms with Crippen molar-refractivity contribution in [2.75, 3.05) is 5.75 Å². The standard InChI is InChI=1S/C24H18Br2N4O2S/c1-15(16-5-4-6-18(26)13-16)28-29-22(31)14-33-24-27-21-8-3-2-7-20(21)23(32)30(24)19-11-9-17(25)10-12-19/h2-13H,14H2,1H3,(H,29,31)/b28-15-. The van der Waals surface area contributed by atoms with Crippen LogP contribution in [0.25, 0.3) is 16.6 Å². The number of hydrogen-bond acceptors (Lipinski definition) is 5. The fraction of sp³-hybridized carbons (Fsp3) is 0.0833. The minimum absolute atomic E-state index is 0.0522. The van der Waals surface area contributed by atoms with E-state index in [1.165, 1.54) is 16.3 Å². The first-order valence-corrected chi connectivity index (χ1v) is 12.5. The molecule has 1 amide bonds. The molecule has 33 heavy (non-hydrogen) atoms. The molecule has 0 saturated carbocycles. The van der Waals surface area contributed by atoms with Gasteiger partial charge in [-0.05, 0) is 61.0 Å². The Morgan fingerprint density at radius 3 is 2.55 bits per heavy atom. The van der Waals surface area contributed by atoms with Gasteiger partial charge in [-0.15, -0.1) is 0 Å². The average molecular weight is 586 g/mol. The van der Waals surface area contributed by atoms with E-state index in [-0.39, 0.29) is 17.2 Å². The molecule has 0 spiro atoms. The molecule has 0 aliphatic rings. The Hall–Kier alpha value is -2.75. The summed E-state index contributed by atoms with van der Waals surface area (Å²) in [4.78, 5) is 30.4. The van der Waals surface area contributed by atoms with Crippen LogP contribution in [-0.2, 0) is 4.79 Å². The maximum absolute atomic E-state index is 13.3. The van der Waals surface area contributed by atoms with Gasteiger partial charge in [0.2, 0.25) is 0 Å². The lowest BCUT2D eigenvalue weighted by Gasteiger charge is -2.13. The van der Waals surface area contributed by atoms with Crippen molar-refractivity contribution < 1.29 is 4.79 Å². The van der Waals surface area contributed by atoms with Gasteiger partial charge in [0.25, 0.3) is 11.5 Å². The first kappa shape index (κ1) is 23.4. The van der Waals surface area contributed by atoms with Crippen molar-refractivity contribution in [1.82, 2.24) is 15.0 Å². The summed E-state index contributed by atoms with van der Waals surface area (Å²) in [5.74, 6) is -0.240. The number of fused-ring (bicyclic) bond motifs is 1. The molecule has 0 fully saturated rings. The predicted molar refractivity (Wildman–Crippen MR) is 140 cm³/mol. The Kier molecular flexibility index (Phi) is 7.42. The second kappa shape index (κ2) is 10.5. The van der Waals surface area contributed by atoms with Gasteiger partial charge in [0.05, 0.1) is 28.1 Å². The van der Waals surface area contributed by atoms with E-state index in [4.69, 9.17) is 0 Å². The van der Waals surface area contributed by atoms with Crippen LogP contribution in [0.4, 0.5) is 0 Å². The Labute approximate surface area is 211 Å². The smallest absolute Gasteiger partial charge is 0.266 e. The highest BCUT2D eigenvalue weighted by molar-refractivity contribution is 9.10. The number of benzene rings is 3. The van der Waals surface area contributed by atoms with Crippen molar-refractivity contribution in [3.05, 3.63) is 97.7 Å². The minimum Gasteiger partial charge on any atom is -0.272 e. The molecule has 0 aliphatic heterocycles. The Balaban J connectivity index is 1.58. The van der Waals surface area contributed by atoms with E-state index >= 15 is 0 Å². The third-order valence-corrected chi connectivity index (χ3v) is 6.71. The second-order valence-electron chi connectivity index (χ2n) is 7.06. The Morgan fingerprint density at radius 2 is 1.79 bits per heavy atom. The number of hydrazone groups is 1. The van der Waals surface area contributed by atoms with Crippen LogP contribution in [0.5, 0.6) is 0 Å². The van der Waals surface area contributed by atoms with Gasteiger partial charge in [0.1, 0.15) is 0 Å². The van der Waals surface area contributed by atoms with Crippen molar-refractivity contribution in [2.24, 2.45) is 5.10 Å². The highest BCUT2D eigenvalue weighted by atomic mass is 79.9. The van der Waals surface area contributed by atoms with E-state index in [0.717, 1.165) is 14.5 Å². The van der Waals surface area contributed by atoms with Crippen LogP contribution >= 0.6 is 43.6 Å². The van der Waals surface area contributed by atoms with Gasteiger partial charge in [-0.2, -0.15) is 5.10 Å². The second-order valence-corrected chi connectivity index (χ2v) is 9.83. The van der Waals surface area contributed by atoms with Crippen LogP contribution in [-0.4, -0.2) is 26.9 Å². The van der Waals surface area contributed by atoms with E-state index < -0.39 is 0 Å². The summed E-state index contributed by atoms with van der Waals surface area (Å²) in [5, 5.41) is 5.15. The number of carbonyl (C=O) groups is 1. The molecule has 4 aromatic rings. The van der Waals surface area contributed by atoms with Crippen LogP contribution in [0.1, 0.15) is 12.5 Å². The maximum atomic E-state index is 13.3. The predicted octanol–water partition coefficient (Wildman–Crippen LogP) is 5.54. The average Bonchev–Trinajstić information content (AvgIpc) is 2.82. The summed E-state index contributed by atoms with van der Waals surface area (Å²) in [6, 6.07) is 22.2. The fourth-order valence-corrected chi connectivity index (χ4v) is 4.58. The first-order chi connectivity index (χ1) is 15.9. The molecule has 0 atom stereocenters. The summed E-state index contributed by atoms with van der Waals surface area (Å²) < 4.78 is 3.37. The maximum Gasteiger partial charge on any atom is 0.266 e. The molecular weight excluding hydrogens is 568 g/mol. The molecule has 166 valence electrons. The van der Waals surface area contributed by atoms with E-state index in [0.29, 0.717) is 27.5 Å². The van der Waals surface area contributed by atoms with E-state index in [1.54, 1.807) is 12.1 Å². The van der Waals surface area contributed by atoms with E-state index in [1.807, 2.05) is 67.6 Å². The molecule has 0 bridgehead atoms. The van der Waals surface area contributed by atoms with Gasteiger partial charge >= 0.3 is 0 Å². The topological polar surface area (TPSA) is 76.3 Å². The van der Waals surface area contributed by atoms with Crippen molar-refractivity contribution >= 4 is 66.1 Å². The summed E-state index contributed by atoms with van der Waals surface area (Å²) in [7, 11) is 0. The van der Waals surface area contributed by atoms with Crippen LogP contribution < -0.4 is 11.0 Å². The number of halogens is 2. The molecule has 9 heteroatoms. The molecular formula is C24H18Br2N4O2S. The zero-order valence-electron chi connectivity index (χ0n) is 17.5. The first-order valence-electron chi connectivity index (χ1n) is 9.92. The van der Waals surface area contributed by atoms with E-state index in [2.05, 4.69) is 47.4 Å². The SMILES string of the molecule is C/C(=N/NC(=O)CSc1nc2ccccc2c(=O)n1-c1ccc(Br)cc1)c1cccc(Br)c1. The fourth-order valence-electron chi connectivity index (χ4n) is 3.11. The van der Waals surface area contributed by atoms with Crippen molar-refractivity contribution in [1.29, 1.82) is 0 Å². The molecule has 6 nitrogen and oxygen atoms in total. The number of amides is 1. The van der Waals surface area contributed by atoms with Gasteiger partial charge < -0.3 is 0 Å². The van der Waals surface area contributed by atoms with Gasteiger partial charge in [0.15, 0.2) is 5.16 Å². The minimum atomic E-state index is -0.292. The normalized spacial score (nSPS) is 11.5. The lowest BCUT2D eigenvalue weighted by atomic mass is 10.1. The zero-order valence-corrected chi connectivity index (χ0v) is 21.4. The molecule has 1 heterocycles. The number of hydrogen-bond donors (Lipinski definition) is 1. The number of rotatable bonds is 6. The van der Waals surface area contributed by atoms with Gasteiger partial charge in [-0.1, -0.05) is 67.9 Å². The summed E-state index contributed by atoms with van der Waals surface area (Å²) in [6.45, 7) is 1.82. The van der Waals surface area contributed by atoms with Crippen LogP contribution in [0.2, 0.25) is 0 Å². The van der Waals surface area contributed by atoms with Crippen molar-refractivity contribution in [3.63, 3.8) is 0 Å². The molecule has 1 N–H and O–H groups in total. The number of nitrogens with one attached hydrogen (secondary N) is 1. The number of aromatic nitrogens is 2. The number of nitrogens with zero attached hydrogens (tertiary/aromatic N) is 3. The summed E-state index contributed by atoms with van der Waals surface area (Å²) >= 11 is 8.03. The number of para-hydroxylation sites is 1. The number of thioether (sulfide) groups is 1. The van der Waals surface area contributed by atoms with Crippen molar-refractivity contribution in [3.8, 4) is 5.69 Å². The van der Waals surface area contributed by atoms with Gasteiger partial charge in [-0.3, -0.25) is 14.2 Å². The highest BCUT2D eigenvalue weighted by Gasteiger charge is 2.15. The van der Waals surface area contributed by atoms with Crippen LogP contribution in [0, 0.1) is 0 Å². The van der Waals surface area contributed by atoms with Gasteiger partial charge in [0, 0.05) is 8.95 Å². The molecule has 4 rings (SSSR count). The largest absolute Gasteiger partial charge is 0.272 e. The summed E-state index contributed by atoms with van der Waals surface area (Å²) in [6.07, 6.45) is 0. The molecule has 0 aliphatic carbocycles. The lowest BCUT2D eigenvalue weighted by Crippen LogP contribution is -2.24. The Morgan fingerprint density at radius 1 is 1.03 bits per heavy atom. The van der Waals surface area contributed by atoms with Crippen molar-refractivity contribution in [2.45, 2.75) is 12.1 Å². The Bertz CT molecular complexity index is 1420. The van der Waals surface area contributed by atoms with E-state index in [9.17, 15) is 9.59 Å². The third-order valence-electron chi connectivity index (χ3n) is 4.75. The van der Waals surface area contributed by atoms with Crippen LogP contribution in [0.3, 0.4) is 0 Å². The lowest BCUT2D eigenvalue weighted by molar-refractivity contribution is -0.118. The summed E-state index contributed by atoms with van der Waals surface area (Å²) in [5.41, 5.74) is 5.24. The number of carbonyl (C=O) groups excluding carboxylic acids is 1. The molecule has 0 saturated heterocycles.